The Hall–Kier alpha value is -2.91. The van der Waals surface area contributed by atoms with Crippen LogP contribution in [-0.4, -0.2) is 55.8 Å². The summed E-state index contributed by atoms with van der Waals surface area (Å²) in [6, 6.07) is 14.2. The van der Waals surface area contributed by atoms with Crippen molar-refractivity contribution >= 4 is 35.2 Å². The van der Waals surface area contributed by atoms with Crippen LogP contribution in [0, 0.1) is 0 Å². The first-order chi connectivity index (χ1) is 15.5. The van der Waals surface area contributed by atoms with Gasteiger partial charge in [-0.05, 0) is 65.2 Å². The molecule has 0 radical (unpaired) electrons. The van der Waals surface area contributed by atoms with E-state index in [1.807, 2.05) is 24.3 Å². The third-order valence-corrected chi connectivity index (χ3v) is 6.69. The predicted octanol–water partition coefficient (Wildman–Crippen LogP) is 3.70. The first-order valence-electron chi connectivity index (χ1n) is 10.2. The van der Waals surface area contributed by atoms with Crippen molar-refractivity contribution in [2.24, 2.45) is 0 Å². The normalized spacial score (nSPS) is 16.6. The lowest BCUT2D eigenvalue weighted by Crippen LogP contribution is -2.41. The number of likely N-dealkylation sites (tertiary alicyclic amines) is 1. The summed E-state index contributed by atoms with van der Waals surface area (Å²) in [5.41, 5.74) is 1.45. The number of hydrogen-bond donors (Lipinski definition) is 0. The number of aromatic nitrogens is 4. The summed E-state index contributed by atoms with van der Waals surface area (Å²) in [5, 5.41) is 12.6. The monoisotopic (exact) mass is 471 g/mol. The fourth-order valence-corrected chi connectivity index (χ4v) is 4.68. The quantitative estimate of drug-likeness (QED) is 0.506. The van der Waals surface area contributed by atoms with E-state index >= 15 is 0 Å². The number of carbonyl (C=O) groups excluding carboxylic acids is 2. The Morgan fingerprint density at radius 3 is 2.62 bits per heavy atom. The molecule has 1 aliphatic heterocycles. The van der Waals surface area contributed by atoms with E-state index in [-0.39, 0.29) is 11.8 Å². The van der Waals surface area contributed by atoms with Crippen LogP contribution in [0.5, 0.6) is 5.75 Å². The van der Waals surface area contributed by atoms with Crippen molar-refractivity contribution in [2.45, 2.75) is 36.2 Å². The molecule has 2 heterocycles. The van der Waals surface area contributed by atoms with Crippen LogP contribution in [0.25, 0.3) is 0 Å². The van der Waals surface area contributed by atoms with Crippen molar-refractivity contribution in [1.29, 1.82) is 0 Å². The lowest BCUT2D eigenvalue weighted by atomic mass is 10.2. The molecule has 2 aromatic carbocycles. The smallest absolute Gasteiger partial charge is 0.260 e. The minimum atomic E-state index is -0.436. The molecule has 2 amide bonds. The zero-order valence-corrected chi connectivity index (χ0v) is 19.1. The van der Waals surface area contributed by atoms with E-state index in [2.05, 4.69) is 15.5 Å². The topological polar surface area (TPSA) is 90.2 Å². The lowest BCUT2D eigenvalue weighted by Gasteiger charge is -2.22. The summed E-state index contributed by atoms with van der Waals surface area (Å²) in [5.74, 6) is 0.248. The lowest BCUT2D eigenvalue weighted by molar-refractivity contribution is -0.127. The van der Waals surface area contributed by atoms with Crippen molar-refractivity contribution in [3.63, 3.8) is 0 Å². The molecule has 0 aliphatic carbocycles. The highest BCUT2D eigenvalue weighted by molar-refractivity contribution is 8.00. The van der Waals surface area contributed by atoms with E-state index in [4.69, 9.17) is 16.3 Å². The molecule has 3 aromatic rings. The summed E-state index contributed by atoms with van der Waals surface area (Å²) in [7, 11) is 1.62. The minimum absolute atomic E-state index is 0.216. The van der Waals surface area contributed by atoms with Gasteiger partial charge in [-0.15, -0.1) is 5.10 Å². The molecule has 166 valence electrons. The van der Waals surface area contributed by atoms with Gasteiger partial charge in [-0.2, -0.15) is 0 Å². The molecule has 32 heavy (non-hydrogen) atoms. The maximum absolute atomic E-state index is 13.3. The summed E-state index contributed by atoms with van der Waals surface area (Å²) in [6.07, 6.45) is 2.26. The van der Waals surface area contributed by atoms with Crippen molar-refractivity contribution in [3.05, 3.63) is 64.7 Å². The average Bonchev–Trinajstić information content (AvgIpc) is 3.16. The molecule has 4 rings (SSSR count). The van der Waals surface area contributed by atoms with Crippen molar-refractivity contribution in [2.75, 3.05) is 13.7 Å². The number of benzene rings is 2. The van der Waals surface area contributed by atoms with E-state index in [9.17, 15) is 9.59 Å². The average molecular weight is 472 g/mol. The van der Waals surface area contributed by atoms with Crippen LogP contribution in [0.4, 0.5) is 0 Å². The third kappa shape index (κ3) is 5.11. The van der Waals surface area contributed by atoms with Crippen molar-refractivity contribution in [1.82, 2.24) is 25.1 Å². The van der Waals surface area contributed by atoms with Gasteiger partial charge in [-0.1, -0.05) is 41.9 Å². The maximum Gasteiger partial charge on any atom is 0.260 e. The number of halogens is 1. The molecule has 0 spiro atoms. The molecule has 0 bridgehead atoms. The number of imide groups is 1. The fraction of sp³-hybridized carbons (Fsp3) is 0.318. The Balaban J connectivity index is 1.49. The van der Waals surface area contributed by atoms with Gasteiger partial charge in [-0.3, -0.25) is 14.5 Å². The highest BCUT2D eigenvalue weighted by Crippen LogP contribution is 2.29. The Bertz CT molecular complexity index is 1090. The van der Waals surface area contributed by atoms with Crippen LogP contribution in [0.2, 0.25) is 5.02 Å². The van der Waals surface area contributed by atoms with Gasteiger partial charge >= 0.3 is 0 Å². The molecule has 1 aromatic heterocycles. The molecular formula is C22H22ClN5O3S. The number of tetrazole rings is 1. The van der Waals surface area contributed by atoms with Gasteiger partial charge < -0.3 is 4.74 Å². The number of amides is 2. The van der Waals surface area contributed by atoms with Crippen LogP contribution in [0.15, 0.2) is 53.7 Å². The SMILES string of the molecule is COc1ccc(Cn2nnnc2S[C@@H]2CCCCN(C(=O)c3ccc(Cl)cc3)C2=O)cc1. The molecule has 1 atom stereocenters. The molecule has 0 saturated carbocycles. The largest absolute Gasteiger partial charge is 0.497 e. The molecule has 1 fully saturated rings. The minimum Gasteiger partial charge on any atom is -0.497 e. The van der Waals surface area contributed by atoms with Crippen LogP contribution in [0.3, 0.4) is 0 Å². The molecule has 1 aliphatic rings. The highest BCUT2D eigenvalue weighted by Gasteiger charge is 2.33. The standard InChI is InChI=1S/C22H22ClN5O3S/c1-31-18-11-5-15(6-12-18)14-28-22(24-25-26-28)32-19-4-2-3-13-27(21(19)30)20(29)16-7-9-17(23)10-8-16/h5-12,19H,2-4,13-14H2,1H3/t19-/m1/s1. The second-order valence-corrected chi connectivity index (χ2v) is 8.98. The van der Waals surface area contributed by atoms with Gasteiger partial charge in [0, 0.05) is 17.1 Å². The second kappa shape index (κ2) is 10.1. The molecule has 1 saturated heterocycles. The summed E-state index contributed by atoms with van der Waals surface area (Å²) < 4.78 is 6.85. The maximum atomic E-state index is 13.3. The van der Waals surface area contributed by atoms with E-state index in [1.165, 1.54) is 16.7 Å². The zero-order chi connectivity index (χ0) is 22.5. The first kappa shape index (κ1) is 22.3. The van der Waals surface area contributed by atoms with Crippen LogP contribution in [0.1, 0.15) is 35.2 Å². The van der Waals surface area contributed by atoms with Gasteiger partial charge in [0.05, 0.1) is 18.9 Å². The number of methoxy groups -OCH3 is 1. The van der Waals surface area contributed by atoms with Crippen LogP contribution < -0.4 is 4.74 Å². The van der Waals surface area contributed by atoms with Crippen molar-refractivity contribution in [3.8, 4) is 5.75 Å². The Morgan fingerprint density at radius 1 is 1.16 bits per heavy atom. The highest BCUT2D eigenvalue weighted by atomic mass is 35.5. The summed E-state index contributed by atoms with van der Waals surface area (Å²) in [6.45, 7) is 0.863. The number of hydrogen-bond acceptors (Lipinski definition) is 7. The van der Waals surface area contributed by atoms with Gasteiger partial charge in [0.25, 0.3) is 5.91 Å². The first-order valence-corrected chi connectivity index (χ1v) is 11.5. The Kier molecular flexibility index (Phi) is 7.06. The number of nitrogens with zero attached hydrogens (tertiary/aromatic N) is 5. The summed E-state index contributed by atoms with van der Waals surface area (Å²) in [4.78, 5) is 27.6. The van der Waals surface area contributed by atoms with Gasteiger partial charge in [0.15, 0.2) is 0 Å². The fourth-order valence-electron chi connectivity index (χ4n) is 3.48. The van der Waals surface area contributed by atoms with Gasteiger partial charge in [0.1, 0.15) is 5.75 Å². The Morgan fingerprint density at radius 2 is 1.91 bits per heavy atom. The van der Waals surface area contributed by atoms with Crippen LogP contribution in [-0.2, 0) is 11.3 Å². The number of ether oxygens (including phenoxy) is 1. The van der Waals surface area contributed by atoms with Crippen molar-refractivity contribution < 1.29 is 14.3 Å². The zero-order valence-electron chi connectivity index (χ0n) is 17.5. The molecular weight excluding hydrogens is 450 g/mol. The van der Waals surface area contributed by atoms with E-state index in [0.717, 1.165) is 24.2 Å². The van der Waals surface area contributed by atoms with Gasteiger partial charge in [-0.25, -0.2) is 4.68 Å². The molecule has 0 unspecified atom stereocenters. The summed E-state index contributed by atoms with van der Waals surface area (Å²) >= 11 is 7.23. The van der Waals surface area contributed by atoms with E-state index in [0.29, 0.717) is 35.3 Å². The van der Waals surface area contributed by atoms with Crippen LogP contribution >= 0.6 is 23.4 Å². The number of carbonyl (C=O) groups is 2. The molecule has 0 N–H and O–H groups in total. The predicted molar refractivity (Wildman–Crippen MR) is 121 cm³/mol. The second-order valence-electron chi connectivity index (χ2n) is 7.37. The van der Waals surface area contributed by atoms with E-state index in [1.54, 1.807) is 36.1 Å². The molecule has 10 heteroatoms. The van der Waals surface area contributed by atoms with Gasteiger partial charge in [0.2, 0.25) is 11.1 Å². The Labute approximate surface area is 194 Å². The third-order valence-electron chi connectivity index (χ3n) is 5.21. The van der Waals surface area contributed by atoms with E-state index < -0.39 is 5.25 Å². The number of thioether (sulfide) groups is 1. The number of rotatable bonds is 6. The molecule has 8 nitrogen and oxygen atoms in total.